The van der Waals surface area contributed by atoms with Crippen molar-refractivity contribution in [2.45, 2.75) is 57.0 Å². The zero-order valence-electron chi connectivity index (χ0n) is 21.3. The number of thioether (sulfide) groups is 1. The molecule has 0 radical (unpaired) electrons. The number of carbonyl (C=O) groups excluding carboxylic acids is 3. The molecule has 1 N–H and O–H groups in total. The first kappa shape index (κ1) is 25.4. The number of likely N-dealkylation sites (tertiary alicyclic amines) is 1. The fourth-order valence-electron chi connectivity index (χ4n) is 5.31. The molecule has 1 atom stereocenters. The third-order valence-corrected chi connectivity index (χ3v) is 8.71. The molecule has 1 unspecified atom stereocenters. The van der Waals surface area contributed by atoms with Gasteiger partial charge in [0.1, 0.15) is 5.37 Å². The van der Waals surface area contributed by atoms with Crippen molar-refractivity contribution < 1.29 is 14.4 Å². The number of hydrogen-bond donors (Lipinski definition) is 1. The molecular weight excluding hydrogens is 484 g/mol. The number of nitrogens with zero attached hydrogens (tertiary/aromatic N) is 3. The summed E-state index contributed by atoms with van der Waals surface area (Å²) in [6.45, 7) is 4.57. The van der Waals surface area contributed by atoms with Gasteiger partial charge in [-0.15, -0.1) is 0 Å². The Morgan fingerprint density at radius 3 is 2.51 bits per heavy atom. The van der Waals surface area contributed by atoms with E-state index in [1.165, 1.54) is 17.8 Å². The second-order valence-corrected chi connectivity index (χ2v) is 11.0. The van der Waals surface area contributed by atoms with Crippen LogP contribution in [0.3, 0.4) is 0 Å². The van der Waals surface area contributed by atoms with Crippen LogP contribution >= 0.6 is 11.8 Å². The van der Waals surface area contributed by atoms with Gasteiger partial charge < -0.3 is 20.0 Å². The van der Waals surface area contributed by atoms with Crippen molar-refractivity contribution >= 4 is 35.3 Å². The molecule has 7 nitrogen and oxygen atoms in total. The monoisotopic (exact) mass is 518 g/mol. The van der Waals surface area contributed by atoms with Crippen LogP contribution in [0.4, 0.5) is 10.5 Å². The van der Waals surface area contributed by atoms with E-state index in [9.17, 15) is 14.4 Å². The molecule has 4 amide bonds. The van der Waals surface area contributed by atoms with E-state index in [1.54, 1.807) is 0 Å². The number of piperidine rings is 1. The molecule has 194 valence electrons. The highest BCUT2D eigenvalue weighted by molar-refractivity contribution is 8.04. The van der Waals surface area contributed by atoms with E-state index in [1.807, 2.05) is 69.3 Å². The molecule has 0 aromatic heterocycles. The number of hydrogen-bond acceptors (Lipinski definition) is 4. The maximum Gasteiger partial charge on any atom is 0.322 e. The van der Waals surface area contributed by atoms with Crippen molar-refractivity contribution in [3.63, 3.8) is 0 Å². The fourth-order valence-corrected chi connectivity index (χ4v) is 6.56. The van der Waals surface area contributed by atoms with Crippen LogP contribution in [0, 0.1) is 0 Å². The largest absolute Gasteiger partial charge is 0.339 e. The lowest BCUT2D eigenvalue weighted by Gasteiger charge is -2.40. The number of anilines is 1. The zero-order valence-corrected chi connectivity index (χ0v) is 22.1. The average Bonchev–Trinajstić information content (AvgIpc) is 3.23. The van der Waals surface area contributed by atoms with E-state index in [0.717, 1.165) is 48.9 Å². The summed E-state index contributed by atoms with van der Waals surface area (Å²) in [7, 11) is 0. The van der Waals surface area contributed by atoms with Crippen LogP contribution in [0.25, 0.3) is 0 Å². The highest BCUT2D eigenvalue weighted by atomic mass is 32.2. The zero-order chi connectivity index (χ0) is 25.8. The van der Waals surface area contributed by atoms with E-state index in [4.69, 9.17) is 0 Å². The third-order valence-electron chi connectivity index (χ3n) is 7.41. The summed E-state index contributed by atoms with van der Waals surface area (Å²) in [5.74, 6) is -0.174. The Morgan fingerprint density at radius 2 is 1.76 bits per heavy atom. The van der Waals surface area contributed by atoms with Crippen molar-refractivity contribution in [3.8, 4) is 0 Å². The van der Waals surface area contributed by atoms with Crippen LogP contribution in [-0.4, -0.2) is 58.2 Å². The summed E-state index contributed by atoms with van der Waals surface area (Å²) in [4.78, 5) is 45.3. The van der Waals surface area contributed by atoms with Gasteiger partial charge in [-0.25, -0.2) is 4.79 Å². The van der Waals surface area contributed by atoms with Crippen LogP contribution in [0.1, 0.15) is 55.5 Å². The fraction of sp³-hybridized carbons (Fsp3) is 0.414. The molecule has 0 saturated carbocycles. The van der Waals surface area contributed by atoms with Gasteiger partial charge >= 0.3 is 6.03 Å². The van der Waals surface area contributed by atoms with Gasteiger partial charge in [-0.1, -0.05) is 80.1 Å². The van der Waals surface area contributed by atoms with Gasteiger partial charge in [0.15, 0.2) is 0 Å². The van der Waals surface area contributed by atoms with E-state index in [2.05, 4.69) is 12.2 Å². The van der Waals surface area contributed by atoms with Crippen LogP contribution in [-0.2, 0) is 16.1 Å². The molecule has 3 heterocycles. The van der Waals surface area contributed by atoms with Crippen molar-refractivity contribution in [3.05, 3.63) is 76.7 Å². The number of rotatable bonds is 7. The second kappa shape index (κ2) is 11.4. The predicted octanol–water partition coefficient (Wildman–Crippen LogP) is 5.37. The highest BCUT2D eigenvalue weighted by Crippen LogP contribution is 2.45. The Kier molecular flexibility index (Phi) is 7.84. The summed E-state index contributed by atoms with van der Waals surface area (Å²) in [6.07, 6.45) is 6.10. The van der Waals surface area contributed by atoms with Crippen LogP contribution in [0.2, 0.25) is 0 Å². The van der Waals surface area contributed by atoms with Gasteiger partial charge in [-0.2, -0.15) is 0 Å². The molecule has 3 aliphatic rings. The Bertz CT molecular complexity index is 1180. The number of urea groups is 1. The molecule has 8 heteroatoms. The number of amides is 4. The summed E-state index contributed by atoms with van der Waals surface area (Å²) >= 11 is 1.48. The molecule has 2 saturated heterocycles. The lowest BCUT2D eigenvalue weighted by molar-refractivity contribution is -0.129. The number of para-hydroxylation sites is 1. The molecule has 0 spiro atoms. The van der Waals surface area contributed by atoms with Crippen molar-refractivity contribution in [2.75, 3.05) is 25.0 Å². The molecule has 3 aliphatic heterocycles. The molecule has 2 aromatic rings. The molecule has 2 aromatic carbocycles. The van der Waals surface area contributed by atoms with Gasteiger partial charge in [-0.05, 0) is 36.5 Å². The molecule has 0 aliphatic carbocycles. The lowest BCUT2D eigenvalue weighted by atomic mass is 10.0. The Morgan fingerprint density at radius 1 is 1.03 bits per heavy atom. The number of unbranched alkanes of at least 4 members (excludes halogenated alkanes) is 2. The topological polar surface area (TPSA) is 73.0 Å². The van der Waals surface area contributed by atoms with Gasteiger partial charge in [0.05, 0.1) is 4.91 Å². The summed E-state index contributed by atoms with van der Waals surface area (Å²) in [5, 5.41) is 2.89. The number of benzene rings is 2. The average molecular weight is 519 g/mol. The quantitative estimate of drug-likeness (QED) is 0.395. The number of fused-ring (bicyclic) bond motifs is 1. The molecule has 5 rings (SSSR count). The minimum atomic E-state index is -0.120. The van der Waals surface area contributed by atoms with Gasteiger partial charge in [-0.3, -0.25) is 9.59 Å². The van der Waals surface area contributed by atoms with Crippen molar-refractivity contribution in [1.82, 2.24) is 14.7 Å². The van der Waals surface area contributed by atoms with Crippen LogP contribution in [0.5, 0.6) is 0 Å². The first-order valence-electron chi connectivity index (χ1n) is 13.2. The normalized spacial score (nSPS) is 21.4. The second-order valence-electron chi connectivity index (χ2n) is 9.87. The summed E-state index contributed by atoms with van der Waals surface area (Å²) in [6, 6.07) is 17.9. The van der Waals surface area contributed by atoms with Crippen molar-refractivity contribution in [1.29, 1.82) is 0 Å². The van der Waals surface area contributed by atoms with Crippen LogP contribution in [0.15, 0.2) is 65.6 Å². The predicted molar refractivity (Wildman–Crippen MR) is 147 cm³/mol. The number of nitrogens with one attached hydrogen (secondary N) is 1. The maximum absolute atomic E-state index is 13.3. The van der Waals surface area contributed by atoms with E-state index >= 15 is 0 Å². The number of carbonyl (C=O) groups is 3. The molecule has 37 heavy (non-hydrogen) atoms. The maximum atomic E-state index is 13.3. The summed E-state index contributed by atoms with van der Waals surface area (Å²) in [5.41, 5.74) is 3.06. The van der Waals surface area contributed by atoms with E-state index in [0.29, 0.717) is 31.1 Å². The van der Waals surface area contributed by atoms with Gasteiger partial charge in [0.25, 0.3) is 5.91 Å². The Balaban J connectivity index is 1.22. The third kappa shape index (κ3) is 5.54. The minimum Gasteiger partial charge on any atom is -0.339 e. The molecule has 2 fully saturated rings. The smallest absolute Gasteiger partial charge is 0.322 e. The SMILES string of the molecule is CCCCCN1C(=O)/C(=C/C(=O)N2CCC(N3Cc4ccccc4NC3=O)CC2)SC1c1ccccc1. The van der Waals surface area contributed by atoms with E-state index < -0.39 is 0 Å². The van der Waals surface area contributed by atoms with Gasteiger partial charge in [0.2, 0.25) is 5.91 Å². The van der Waals surface area contributed by atoms with Gasteiger partial charge in [0, 0.05) is 44.0 Å². The summed E-state index contributed by atoms with van der Waals surface area (Å²) < 4.78 is 0. The molecular formula is C29H34N4O3S. The first-order chi connectivity index (χ1) is 18.0. The standard InChI is InChI=1S/C29H34N4O3S/c1-2-3-9-16-32-27(35)25(37-28(32)21-10-5-4-6-11-21)19-26(34)31-17-14-23(15-18-31)33-20-22-12-7-8-13-24(22)30-29(33)36/h4-8,10-13,19,23,28H,2-3,9,14-18,20H2,1H3,(H,30,36)/b25-19-. The van der Waals surface area contributed by atoms with Crippen molar-refractivity contribution in [2.24, 2.45) is 0 Å². The Labute approximate surface area is 222 Å². The first-order valence-corrected chi connectivity index (χ1v) is 14.1. The lowest BCUT2D eigenvalue weighted by Crippen LogP contribution is -2.50. The molecule has 0 bridgehead atoms. The minimum absolute atomic E-state index is 0.0538. The van der Waals surface area contributed by atoms with E-state index in [-0.39, 0.29) is 29.3 Å². The Hall–Kier alpha value is -3.26. The van der Waals surface area contributed by atoms with Crippen LogP contribution < -0.4 is 5.32 Å². The highest BCUT2D eigenvalue weighted by Gasteiger charge is 2.38.